The number of hydrogen-bond donors (Lipinski definition) is 1. The highest BCUT2D eigenvalue weighted by Crippen LogP contribution is 2.36. The van der Waals surface area contributed by atoms with Crippen molar-refractivity contribution in [2.75, 3.05) is 0 Å². The maximum Gasteiger partial charge on any atom is 0.265 e. The number of benzene rings is 1. The van der Waals surface area contributed by atoms with E-state index in [2.05, 4.69) is 0 Å². The molecule has 2 N–H and O–H groups in total. The predicted octanol–water partition coefficient (Wildman–Crippen LogP) is 2.57. The fraction of sp³-hybridized carbons (Fsp3) is 0.333. The Morgan fingerprint density at radius 1 is 1.32 bits per heavy atom. The van der Waals surface area contributed by atoms with Crippen molar-refractivity contribution in [3.05, 3.63) is 69.8 Å². The van der Waals surface area contributed by atoms with Crippen LogP contribution in [0.2, 0.25) is 0 Å². The van der Waals surface area contributed by atoms with Crippen LogP contribution < -0.4 is 5.73 Å². The standard InChI is InChI=1S/C15H18N2O2/c1-11-6-8-13(9-7-11)12(2)15(17(18)19)10-4-3-5-14(15)16/h3-10,12,14H,16H2,1-2H3. The highest BCUT2D eigenvalue weighted by molar-refractivity contribution is 5.34. The normalized spacial score (nSPS) is 27.2. The van der Waals surface area contributed by atoms with E-state index in [1.807, 2.05) is 38.1 Å². The fourth-order valence-corrected chi connectivity index (χ4v) is 2.55. The number of hydrogen-bond acceptors (Lipinski definition) is 3. The molecule has 4 heteroatoms. The van der Waals surface area contributed by atoms with Crippen LogP contribution >= 0.6 is 0 Å². The lowest BCUT2D eigenvalue weighted by Crippen LogP contribution is -2.55. The molecular weight excluding hydrogens is 240 g/mol. The Hall–Kier alpha value is -1.94. The predicted molar refractivity (Wildman–Crippen MR) is 75.6 cm³/mol. The summed E-state index contributed by atoms with van der Waals surface area (Å²) in [7, 11) is 0. The van der Waals surface area contributed by atoms with Crippen molar-refractivity contribution in [2.45, 2.75) is 31.3 Å². The van der Waals surface area contributed by atoms with E-state index < -0.39 is 11.6 Å². The lowest BCUT2D eigenvalue weighted by atomic mass is 9.74. The van der Waals surface area contributed by atoms with Gasteiger partial charge in [0.1, 0.15) is 0 Å². The second-order valence-electron chi connectivity index (χ2n) is 5.05. The van der Waals surface area contributed by atoms with E-state index in [1.165, 1.54) is 0 Å². The van der Waals surface area contributed by atoms with Crippen molar-refractivity contribution in [2.24, 2.45) is 5.73 Å². The van der Waals surface area contributed by atoms with Gasteiger partial charge in [-0.2, -0.15) is 0 Å². The second-order valence-corrected chi connectivity index (χ2v) is 5.05. The monoisotopic (exact) mass is 258 g/mol. The zero-order valence-corrected chi connectivity index (χ0v) is 11.1. The summed E-state index contributed by atoms with van der Waals surface area (Å²) in [5.41, 5.74) is 6.79. The lowest BCUT2D eigenvalue weighted by Gasteiger charge is -2.33. The molecule has 1 aromatic rings. The third kappa shape index (κ3) is 2.19. The molecule has 100 valence electrons. The number of aryl methyl sites for hydroxylation is 1. The Kier molecular flexibility index (Phi) is 3.53. The topological polar surface area (TPSA) is 69.2 Å². The quantitative estimate of drug-likeness (QED) is 0.669. The SMILES string of the molecule is Cc1ccc(C(C)C2([N+](=O)[O-])C=CC=CC2N)cc1. The molecule has 0 amide bonds. The van der Waals surface area contributed by atoms with Gasteiger partial charge in [0.25, 0.3) is 5.54 Å². The minimum atomic E-state index is -1.27. The zero-order valence-electron chi connectivity index (χ0n) is 11.1. The van der Waals surface area contributed by atoms with Crippen LogP contribution in [0, 0.1) is 17.0 Å². The molecule has 19 heavy (non-hydrogen) atoms. The smallest absolute Gasteiger partial charge is 0.265 e. The van der Waals surface area contributed by atoms with Crippen molar-refractivity contribution in [1.82, 2.24) is 0 Å². The Bertz CT molecular complexity index is 534. The first-order valence-electron chi connectivity index (χ1n) is 6.31. The molecule has 4 nitrogen and oxygen atoms in total. The third-order valence-electron chi connectivity index (χ3n) is 3.91. The molecule has 0 fully saturated rings. The van der Waals surface area contributed by atoms with Crippen molar-refractivity contribution < 1.29 is 4.92 Å². The van der Waals surface area contributed by atoms with Gasteiger partial charge in [0, 0.05) is 4.92 Å². The Labute approximate surface area is 112 Å². The molecule has 0 spiro atoms. The van der Waals surface area contributed by atoms with Crippen molar-refractivity contribution >= 4 is 0 Å². The summed E-state index contributed by atoms with van der Waals surface area (Å²) in [6, 6.07) is 7.18. The molecular formula is C15H18N2O2. The Morgan fingerprint density at radius 3 is 2.47 bits per heavy atom. The summed E-state index contributed by atoms with van der Waals surface area (Å²) in [6.07, 6.45) is 6.76. The van der Waals surface area contributed by atoms with Gasteiger partial charge >= 0.3 is 0 Å². The molecule has 0 saturated carbocycles. The molecule has 1 aliphatic carbocycles. The van der Waals surface area contributed by atoms with Gasteiger partial charge in [-0.3, -0.25) is 10.1 Å². The second kappa shape index (κ2) is 4.97. The summed E-state index contributed by atoms with van der Waals surface area (Å²) in [5, 5.41) is 11.6. The number of rotatable bonds is 3. The number of nitrogens with two attached hydrogens (primary N) is 1. The maximum absolute atomic E-state index is 11.6. The highest BCUT2D eigenvalue weighted by atomic mass is 16.6. The van der Waals surface area contributed by atoms with Crippen LogP contribution in [0.1, 0.15) is 24.0 Å². The fourth-order valence-electron chi connectivity index (χ4n) is 2.55. The zero-order chi connectivity index (χ0) is 14.0. The van der Waals surface area contributed by atoms with Gasteiger partial charge in [-0.15, -0.1) is 0 Å². The molecule has 2 rings (SSSR count). The van der Waals surface area contributed by atoms with Crippen molar-refractivity contribution in [3.8, 4) is 0 Å². The molecule has 0 radical (unpaired) electrons. The molecule has 1 aromatic carbocycles. The molecule has 0 bridgehead atoms. The maximum atomic E-state index is 11.6. The van der Waals surface area contributed by atoms with Crippen LogP contribution in [0.25, 0.3) is 0 Å². The largest absolute Gasteiger partial charge is 0.318 e. The highest BCUT2D eigenvalue weighted by Gasteiger charge is 2.51. The molecule has 3 unspecified atom stereocenters. The molecule has 0 heterocycles. The van der Waals surface area contributed by atoms with Crippen LogP contribution in [0.15, 0.2) is 48.6 Å². The van der Waals surface area contributed by atoms with E-state index in [0.29, 0.717) is 0 Å². The van der Waals surface area contributed by atoms with Gasteiger partial charge in [0.15, 0.2) is 0 Å². The van der Waals surface area contributed by atoms with E-state index in [1.54, 1.807) is 24.3 Å². The summed E-state index contributed by atoms with van der Waals surface area (Å²) in [5.74, 6) is -0.292. The van der Waals surface area contributed by atoms with Crippen LogP contribution in [0.4, 0.5) is 0 Å². The van der Waals surface area contributed by atoms with Gasteiger partial charge < -0.3 is 5.73 Å². The summed E-state index contributed by atoms with van der Waals surface area (Å²) in [4.78, 5) is 11.3. The van der Waals surface area contributed by atoms with Gasteiger partial charge in [0.2, 0.25) is 0 Å². The first-order chi connectivity index (χ1) is 8.98. The average Bonchev–Trinajstić information content (AvgIpc) is 2.39. The van der Waals surface area contributed by atoms with Gasteiger partial charge in [-0.05, 0) is 18.6 Å². The molecule has 0 aliphatic heterocycles. The van der Waals surface area contributed by atoms with Crippen molar-refractivity contribution in [1.29, 1.82) is 0 Å². The van der Waals surface area contributed by atoms with E-state index >= 15 is 0 Å². The Balaban J connectivity index is 2.45. The molecule has 3 atom stereocenters. The van der Waals surface area contributed by atoms with Gasteiger partial charge in [-0.25, -0.2) is 0 Å². The van der Waals surface area contributed by atoms with E-state index in [-0.39, 0.29) is 10.8 Å². The summed E-state index contributed by atoms with van der Waals surface area (Å²) < 4.78 is 0. The Morgan fingerprint density at radius 2 is 1.95 bits per heavy atom. The minimum Gasteiger partial charge on any atom is -0.318 e. The number of nitrogens with zero attached hydrogens (tertiary/aromatic N) is 1. The van der Waals surface area contributed by atoms with Crippen LogP contribution in [0.3, 0.4) is 0 Å². The van der Waals surface area contributed by atoms with E-state index in [4.69, 9.17) is 5.73 Å². The number of allylic oxidation sites excluding steroid dienone is 2. The van der Waals surface area contributed by atoms with E-state index in [0.717, 1.165) is 11.1 Å². The van der Waals surface area contributed by atoms with Crippen LogP contribution in [-0.2, 0) is 0 Å². The van der Waals surface area contributed by atoms with Gasteiger partial charge in [-0.1, -0.05) is 55.0 Å². The summed E-state index contributed by atoms with van der Waals surface area (Å²) >= 11 is 0. The summed E-state index contributed by atoms with van der Waals surface area (Å²) in [6.45, 7) is 3.85. The average molecular weight is 258 g/mol. The van der Waals surface area contributed by atoms with Gasteiger partial charge in [0.05, 0.1) is 12.0 Å². The third-order valence-corrected chi connectivity index (χ3v) is 3.91. The lowest BCUT2D eigenvalue weighted by molar-refractivity contribution is -0.561. The molecule has 1 aliphatic rings. The van der Waals surface area contributed by atoms with Crippen molar-refractivity contribution in [3.63, 3.8) is 0 Å². The first kappa shape index (κ1) is 13.5. The molecule has 0 saturated heterocycles. The number of nitro groups is 1. The van der Waals surface area contributed by atoms with Crippen LogP contribution in [0.5, 0.6) is 0 Å². The first-order valence-corrected chi connectivity index (χ1v) is 6.31. The van der Waals surface area contributed by atoms with E-state index in [9.17, 15) is 10.1 Å². The van der Waals surface area contributed by atoms with Crippen LogP contribution in [-0.4, -0.2) is 16.5 Å². The molecule has 0 aromatic heterocycles. The minimum absolute atomic E-state index is 0.262.